The topological polar surface area (TPSA) is 56.1 Å². The zero-order valence-corrected chi connectivity index (χ0v) is 22.0. The molecule has 5 heteroatoms. The van der Waals surface area contributed by atoms with E-state index < -0.39 is 0 Å². The van der Waals surface area contributed by atoms with Crippen LogP contribution in [0, 0.1) is 13.8 Å². The molecule has 0 radical (unpaired) electrons. The fourth-order valence-corrected chi connectivity index (χ4v) is 4.63. The quantitative estimate of drug-likeness (QED) is 0.243. The molecule has 0 saturated heterocycles. The van der Waals surface area contributed by atoms with Gasteiger partial charge in [-0.1, -0.05) is 72.8 Å². The molecule has 4 aromatic carbocycles. The molecule has 1 N–H and O–H groups in total. The van der Waals surface area contributed by atoms with E-state index in [0.717, 1.165) is 33.7 Å². The number of fused-ring (bicyclic) bond motifs is 1. The van der Waals surface area contributed by atoms with E-state index in [-0.39, 0.29) is 5.91 Å². The Bertz CT molecular complexity index is 1520. The lowest BCUT2D eigenvalue weighted by Gasteiger charge is -2.12. The maximum absolute atomic E-state index is 12.6. The summed E-state index contributed by atoms with van der Waals surface area (Å²) in [7, 11) is 0. The highest BCUT2D eigenvalue weighted by Crippen LogP contribution is 2.20. The van der Waals surface area contributed by atoms with Gasteiger partial charge < -0.3 is 14.6 Å². The minimum absolute atomic E-state index is 0.0122. The molecule has 0 aliphatic heterocycles. The molecule has 0 fully saturated rings. The number of aromatic nitrogens is 2. The third kappa shape index (κ3) is 6.12. The zero-order valence-electron chi connectivity index (χ0n) is 22.0. The number of nitrogens with one attached hydrogen (secondary N) is 1. The number of rotatable bonds is 10. The molecule has 0 unspecified atom stereocenters. The summed E-state index contributed by atoms with van der Waals surface area (Å²) < 4.78 is 8.25. The number of imidazole rings is 1. The van der Waals surface area contributed by atoms with Crippen molar-refractivity contribution in [2.45, 2.75) is 33.2 Å². The monoisotopic (exact) mass is 503 g/mol. The summed E-state index contributed by atoms with van der Waals surface area (Å²) in [6.45, 7) is 5.95. The number of benzene rings is 4. The molecule has 1 aromatic heterocycles. The van der Waals surface area contributed by atoms with Gasteiger partial charge in [0.2, 0.25) is 5.91 Å². The van der Waals surface area contributed by atoms with E-state index in [1.54, 1.807) is 0 Å². The van der Waals surface area contributed by atoms with Gasteiger partial charge in [0.15, 0.2) is 0 Å². The van der Waals surface area contributed by atoms with Crippen molar-refractivity contribution in [3.8, 4) is 16.9 Å². The van der Waals surface area contributed by atoms with Crippen molar-refractivity contribution in [1.82, 2.24) is 14.9 Å². The number of nitrogens with zero attached hydrogens (tertiary/aromatic N) is 2. The Morgan fingerprint density at radius 3 is 2.37 bits per heavy atom. The van der Waals surface area contributed by atoms with Crippen LogP contribution in [0.4, 0.5) is 0 Å². The van der Waals surface area contributed by atoms with E-state index >= 15 is 0 Å². The van der Waals surface area contributed by atoms with E-state index in [2.05, 4.69) is 66.2 Å². The number of hydrogen-bond acceptors (Lipinski definition) is 3. The van der Waals surface area contributed by atoms with Crippen molar-refractivity contribution >= 4 is 16.9 Å². The lowest BCUT2D eigenvalue weighted by molar-refractivity contribution is -0.120. The van der Waals surface area contributed by atoms with Gasteiger partial charge in [-0.05, 0) is 65.9 Å². The van der Waals surface area contributed by atoms with E-state index in [9.17, 15) is 4.79 Å². The third-order valence-corrected chi connectivity index (χ3v) is 6.89. The first-order chi connectivity index (χ1) is 18.6. The Morgan fingerprint density at radius 2 is 1.58 bits per heavy atom. The third-order valence-electron chi connectivity index (χ3n) is 6.89. The lowest BCUT2D eigenvalue weighted by atomic mass is 10.0. The van der Waals surface area contributed by atoms with Gasteiger partial charge in [0.1, 0.15) is 18.2 Å². The molecule has 0 bridgehead atoms. The molecule has 0 aliphatic rings. The average Bonchev–Trinajstić information content (AvgIpc) is 3.29. The van der Waals surface area contributed by atoms with Gasteiger partial charge in [-0.15, -0.1) is 0 Å². The highest BCUT2D eigenvalue weighted by atomic mass is 16.5. The van der Waals surface area contributed by atoms with Crippen molar-refractivity contribution in [3.63, 3.8) is 0 Å². The number of carbonyl (C=O) groups excluding carboxylic acids is 1. The van der Waals surface area contributed by atoms with Crippen molar-refractivity contribution in [3.05, 3.63) is 120 Å². The number of carbonyl (C=O) groups is 1. The molecular weight excluding hydrogens is 470 g/mol. The van der Waals surface area contributed by atoms with Crippen LogP contribution in [0.3, 0.4) is 0 Å². The second-order valence-electron chi connectivity index (χ2n) is 9.60. The van der Waals surface area contributed by atoms with E-state index in [4.69, 9.17) is 9.72 Å². The highest BCUT2D eigenvalue weighted by molar-refractivity contribution is 5.79. The zero-order chi connectivity index (χ0) is 26.3. The van der Waals surface area contributed by atoms with E-state index in [0.29, 0.717) is 32.5 Å². The maximum Gasteiger partial charge on any atom is 0.224 e. The van der Waals surface area contributed by atoms with Crippen molar-refractivity contribution in [2.24, 2.45) is 0 Å². The first-order valence-electron chi connectivity index (χ1n) is 13.1. The molecular formula is C33H33N3O2. The van der Waals surface area contributed by atoms with Crippen LogP contribution in [-0.4, -0.2) is 28.6 Å². The van der Waals surface area contributed by atoms with Crippen LogP contribution in [0.5, 0.6) is 5.75 Å². The molecule has 0 spiro atoms. The summed E-state index contributed by atoms with van der Waals surface area (Å²) in [5.74, 6) is 1.84. The predicted octanol–water partition coefficient (Wildman–Crippen LogP) is 6.30. The smallest absolute Gasteiger partial charge is 0.224 e. The number of aryl methyl sites for hydroxylation is 2. The molecule has 192 valence electrons. The van der Waals surface area contributed by atoms with Gasteiger partial charge >= 0.3 is 0 Å². The van der Waals surface area contributed by atoms with Crippen LogP contribution in [0.1, 0.15) is 22.5 Å². The van der Waals surface area contributed by atoms with Crippen LogP contribution in [0.2, 0.25) is 0 Å². The molecule has 0 saturated carbocycles. The van der Waals surface area contributed by atoms with Crippen molar-refractivity contribution < 1.29 is 9.53 Å². The first kappa shape index (κ1) is 25.3. The van der Waals surface area contributed by atoms with Crippen molar-refractivity contribution in [2.75, 3.05) is 13.2 Å². The Balaban J connectivity index is 1.17. The van der Waals surface area contributed by atoms with Gasteiger partial charge in [-0.2, -0.15) is 0 Å². The summed E-state index contributed by atoms with van der Waals surface area (Å²) in [4.78, 5) is 17.5. The van der Waals surface area contributed by atoms with Gasteiger partial charge in [0.05, 0.1) is 24.0 Å². The average molecular weight is 504 g/mol. The van der Waals surface area contributed by atoms with Crippen LogP contribution < -0.4 is 10.1 Å². The summed E-state index contributed by atoms with van der Waals surface area (Å²) in [5, 5.41) is 3.07. The highest BCUT2D eigenvalue weighted by Gasteiger charge is 2.12. The summed E-state index contributed by atoms with van der Waals surface area (Å²) in [6, 6.07) is 32.7. The van der Waals surface area contributed by atoms with Crippen LogP contribution >= 0.6 is 0 Å². The Kier molecular flexibility index (Phi) is 7.84. The van der Waals surface area contributed by atoms with Crippen LogP contribution in [0.25, 0.3) is 22.2 Å². The minimum Gasteiger partial charge on any atom is -0.492 e. The molecule has 1 heterocycles. The largest absolute Gasteiger partial charge is 0.492 e. The first-order valence-corrected chi connectivity index (χ1v) is 13.1. The van der Waals surface area contributed by atoms with Gasteiger partial charge in [0.25, 0.3) is 0 Å². The molecule has 5 nitrogen and oxygen atoms in total. The van der Waals surface area contributed by atoms with E-state index in [1.165, 1.54) is 16.7 Å². The number of para-hydroxylation sites is 2. The Labute approximate surface area is 224 Å². The Hall–Kier alpha value is -4.38. The van der Waals surface area contributed by atoms with Gasteiger partial charge in [0, 0.05) is 13.0 Å². The van der Waals surface area contributed by atoms with Gasteiger partial charge in [-0.25, -0.2) is 4.98 Å². The second-order valence-corrected chi connectivity index (χ2v) is 9.60. The maximum atomic E-state index is 12.6. The van der Waals surface area contributed by atoms with Crippen LogP contribution in [-0.2, 0) is 24.2 Å². The summed E-state index contributed by atoms with van der Waals surface area (Å²) in [5.41, 5.74) is 7.83. The molecule has 0 aliphatic carbocycles. The number of hydrogen-bond donors (Lipinski definition) is 1. The summed E-state index contributed by atoms with van der Waals surface area (Å²) >= 11 is 0. The normalized spacial score (nSPS) is 11.0. The molecule has 1 amide bonds. The van der Waals surface area contributed by atoms with Crippen molar-refractivity contribution in [1.29, 1.82) is 0 Å². The standard InChI is InChI=1S/C33H33N3O2/c1-24-12-17-29(22-25(24)2)38-21-20-36-31-11-7-6-10-30(31)35-32(36)18-19-34-33(37)23-26-13-15-28(16-14-26)27-8-4-3-5-9-27/h3-17,22H,18-21,23H2,1-2H3,(H,34,37). The number of ether oxygens (including phenoxy) is 1. The molecule has 5 aromatic rings. The predicted molar refractivity (Wildman–Crippen MR) is 153 cm³/mol. The Morgan fingerprint density at radius 1 is 0.842 bits per heavy atom. The second kappa shape index (κ2) is 11.8. The number of amides is 1. The summed E-state index contributed by atoms with van der Waals surface area (Å²) in [6.07, 6.45) is 1.01. The lowest BCUT2D eigenvalue weighted by Crippen LogP contribution is -2.28. The van der Waals surface area contributed by atoms with E-state index in [1.807, 2.05) is 54.6 Å². The SMILES string of the molecule is Cc1ccc(OCCn2c(CCNC(=O)Cc3ccc(-c4ccccc4)cc3)nc3ccccc32)cc1C. The molecule has 5 rings (SSSR count). The van der Waals surface area contributed by atoms with Crippen LogP contribution in [0.15, 0.2) is 97.1 Å². The minimum atomic E-state index is 0.0122. The fourth-order valence-electron chi connectivity index (χ4n) is 4.63. The molecule has 38 heavy (non-hydrogen) atoms. The molecule has 0 atom stereocenters. The van der Waals surface area contributed by atoms with Gasteiger partial charge in [-0.3, -0.25) is 4.79 Å². The fraction of sp³-hybridized carbons (Fsp3) is 0.212.